The van der Waals surface area contributed by atoms with Crippen LogP contribution in [0, 0.1) is 6.92 Å². The van der Waals surface area contributed by atoms with Gasteiger partial charge in [-0.3, -0.25) is 9.20 Å². The normalized spacial score (nSPS) is 11.4. The van der Waals surface area contributed by atoms with Crippen LogP contribution in [0.3, 0.4) is 0 Å². The largest absolute Gasteiger partial charge is 0.494 e. The van der Waals surface area contributed by atoms with E-state index in [1.54, 1.807) is 0 Å². The Morgan fingerprint density at radius 2 is 1.90 bits per heavy atom. The van der Waals surface area contributed by atoms with Crippen LogP contribution in [0.4, 0.5) is 0 Å². The van der Waals surface area contributed by atoms with Crippen molar-refractivity contribution in [2.75, 3.05) is 6.61 Å². The molecule has 0 atom stereocenters. The third-order valence-corrected chi connectivity index (χ3v) is 5.64. The molecule has 154 valence electrons. The molecule has 5 heteroatoms. The first-order valence-corrected chi connectivity index (χ1v) is 10.5. The van der Waals surface area contributed by atoms with Crippen LogP contribution in [-0.2, 0) is 6.42 Å². The minimum Gasteiger partial charge on any atom is -0.494 e. The van der Waals surface area contributed by atoms with Crippen LogP contribution < -0.4 is 10.5 Å². The van der Waals surface area contributed by atoms with Crippen molar-refractivity contribution in [2.45, 2.75) is 59.8 Å². The fourth-order valence-electron chi connectivity index (χ4n) is 4.09. The second-order valence-corrected chi connectivity index (χ2v) is 7.44. The Hall–Kier alpha value is -2.82. The highest BCUT2D eigenvalue weighted by Crippen LogP contribution is 2.33. The predicted octanol–water partition coefficient (Wildman–Crippen LogP) is 5.27. The molecule has 0 aliphatic rings. The highest BCUT2D eigenvalue weighted by atomic mass is 16.5. The number of fused-ring (bicyclic) bond motifs is 1. The lowest BCUT2D eigenvalue weighted by Crippen LogP contribution is -2.16. The van der Waals surface area contributed by atoms with Gasteiger partial charge in [-0.1, -0.05) is 26.8 Å². The van der Waals surface area contributed by atoms with E-state index in [1.165, 1.54) is 5.56 Å². The number of aryl methyl sites for hydroxylation is 2. The van der Waals surface area contributed by atoms with Crippen molar-refractivity contribution in [3.8, 4) is 17.0 Å². The molecule has 0 aliphatic carbocycles. The van der Waals surface area contributed by atoms with Crippen LogP contribution in [0.2, 0.25) is 0 Å². The van der Waals surface area contributed by atoms with Gasteiger partial charge in [0.15, 0.2) is 0 Å². The number of amides is 1. The van der Waals surface area contributed by atoms with Crippen molar-refractivity contribution in [3.05, 3.63) is 52.8 Å². The van der Waals surface area contributed by atoms with E-state index >= 15 is 0 Å². The minimum atomic E-state index is -0.468. The van der Waals surface area contributed by atoms with Gasteiger partial charge in [-0.2, -0.15) is 0 Å². The van der Waals surface area contributed by atoms with Crippen molar-refractivity contribution in [2.24, 2.45) is 5.73 Å². The number of benzene rings is 1. The van der Waals surface area contributed by atoms with Crippen LogP contribution in [0.15, 0.2) is 30.5 Å². The van der Waals surface area contributed by atoms with Gasteiger partial charge in [0.1, 0.15) is 22.8 Å². The molecule has 0 fully saturated rings. The van der Waals surface area contributed by atoms with Gasteiger partial charge in [0.2, 0.25) is 0 Å². The maximum absolute atomic E-state index is 12.5. The molecule has 1 amide bonds. The lowest BCUT2D eigenvalue weighted by atomic mass is 9.94. The first kappa shape index (κ1) is 20.9. The lowest BCUT2D eigenvalue weighted by Gasteiger charge is -2.15. The number of aromatic nitrogens is 2. The van der Waals surface area contributed by atoms with Crippen LogP contribution in [-0.4, -0.2) is 21.9 Å². The molecule has 0 spiro atoms. The minimum absolute atomic E-state index is 0.440. The summed E-state index contributed by atoms with van der Waals surface area (Å²) in [5.74, 6) is 0.801. The third-order valence-electron chi connectivity index (χ3n) is 5.64. The summed E-state index contributed by atoms with van der Waals surface area (Å²) < 4.78 is 7.53. The number of imidazole rings is 1. The van der Waals surface area contributed by atoms with Crippen molar-refractivity contribution in [1.29, 1.82) is 0 Å². The summed E-state index contributed by atoms with van der Waals surface area (Å²) in [6.45, 7) is 11.1. The van der Waals surface area contributed by atoms with E-state index in [2.05, 4.69) is 26.8 Å². The zero-order chi connectivity index (χ0) is 21.1. The quantitative estimate of drug-likeness (QED) is 0.566. The summed E-state index contributed by atoms with van der Waals surface area (Å²) in [5, 5.41) is 0. The number of primary amides is 1. The van der Waals surface area contributed by atoms with Crippen LogP contribution in [0.5, 0.6) is 5.75 Å². The zero-order valence-electron chi connectivity index (χ0n) is 18.1. The summed E-state index contributed by atoms with van der Waals surface area (Å²) in [4.78, 5) is 17.4. The van der Waals surface area contributed by atoms with E-state index in [1.807, 2.05) is 42.6 Å². The zero-order valence-corrected chi connectivity index (χ0v) is 18.1. The van der Waals surface area contributed by atoms with Crippen molar-refractivity contribution >= 4 is 11.6 Å². The van der Waals surface area contributed by atoms with E-state index in [0.717, 1.165) is 47.3 Å². The first-order valence-electron chi connectivity index (χ1n) is 10.5. The molecule has 1 aromatic carbocycles. The van der Waals surface area contributed by atoms with Gasteiger partial charge in [0, 0.05) is 11.8 Å². The van der Waals surface area contributed by atoms with Gasteiger partial charge >= 0.3 is 0 Å². The van der Waals surface area contributed by atoms with Crippen molar-refractivity contribution < 1.29 is 9.53 Å². The van der Waals surface area contributed by atoms with Gasteiger partial charge in [-0.15, -0.1) is 0 Å². The predicted molar refractivity (Wildman–Crippen MR) is 118 cm³/mol. The maximum Gasteiger partial charge on any atom is 0.268 e. The number of carbonyl (C=O) groups excluding carboxylic acids is 1. The number of ether oxygens (including phenoxy) is 1. The molecular formula is C24H31N3O2. The molecule has 0 unspecified atom stereocenters. The van der Waals surface area contributed by atoms with Crippen LogP contribution in [0.1, 0.15) is 73.6 Å². The van der Waals surface area contributed by atoms with E-state index < -0.39 is 5.91 Å². The second kappa shape index (κ2) is 8.68. The molecule has 0 saturated carbocycles. The lowest BCUT2D eigenvalue weighted by molar-refractivity contribution is 0.0995. The Bertz CT molecular complexity index is 1030. The molecule has 0 aliphatic heterocycles. The van der Waals surface area contributed by atoms with Crippen molar-refractivity contribution in [1.82, 2.24) is 9.38 Å². The number of pyridine rings is 1. The fourth-order valence-corrected chi connectivity index (χ4v) is 4.09. The molecule has 29 heavy (non-hydrogen) atoms. The Balaban J connectivity index is 2.28. The number of rotatable bonds is 8. The van der Waals surface area contributed by atoms with Gasteiger partial charge in [0.05, 0.1) is 6.61 Å². The van der Waals surface area contributed by atoms with Crippen LogP contribution >= 0.6 is 0 Å². The number of hydrogen-bond donors (Lipinski definition) is 1. The molecule has 2 heterocycles. The Morgan fingerprint density at radius 3 is 2.48 bits per heavy atom. The SMILES string of the molecule is CCOc1ccc(-c2nc3c(C)cc(C(CC)CC)cn3c2C(N)=O)c(CC)c1. The van der Waals surface area contributed by atoms with Gasteiger partial charge in [-0.25, -0.2) is 4.98 Å². The fraction of sp³-hybridized carbons (Fsp3) is 0.417. The van der Waals surface area contributed by atoms with E-state index in [4.69, 9.17) is 15.5 Å². The van der Waals surface area contributed by atoms with Crippen molar-refractivity contribution in [3.63, 3.8) is 0 Å². The average molecular weight is 394 g/mol. The Labute approximate surface area is 172 Å². The first-order chi connectivity index (χ1) is 13.9. The second-order valence-electron chi connectivity index (χ2n) is 7.44. The van der Waals surface area contributed by atoms with E-state index in [0.29, 0.717) is 23.9 Å². The maximum atomic E-state index is 12.5. The van der Waals surface area contributed by atoms with E-state index in [-0.39, 0.29) is 0 Å². The number of hydrogen-bond acceptors (Lipinski definition) is 3. The highest BCUT2D eigenvalue weighted by molar-refractivity contribution is 5.99. The molecular weight excluding hydrogens is 362 g/mol. The Morgan fingerprint density at radius 1 is 1.17 bits per heavy atom. The van der Waals surface area contributed by atoms with Gasteiger partial charge < -0.3 is 10.5 Å². The molecule has 0 saturated heterocycles. The van der Waals surface area contributed by atoms with Crippen LogP contribution in [0.25, 0.3) is 16.9 Å². The highest BCUT2D eigenvalue weighted by Gasteiger charge is 2.23. The summed E-state index contributed by atoms with van der Waals surface area (Å²) in [7, 11) is 0. The van der Waals surface area contributed by atoms with E-state index in [9.17, 15) is 4.79 Å². The number of nitrogens with zero attached hydrogens (tertiary/aromatic N) is 2. The number of nitrogens with two attached hydrogens (primary N) is 1. The smallest absolute Gasteiger partial charge is 0.268 e. The molecule has 2 N–H and O–H groups in total. The van der Waals surface area contributed by atoms with Gasteiger partial charge in [-0.05, 0) is 73.9 Å². The summed E-state index contributed by atoms with van der Waals surface area (Å²) in [5.41, 5.74) is 12.0. The summed E-state index contributed by atoms with van der Waals surface area (Å²) in [6, 6.07) is 8.12. The van der Waals surface area contributed by atoms with Gasteiger partial charge in [0.25, 0.3) is 5.91 Å². The Kier molecular flexibility index (Phi) is 6.26. The average Bonchev–Trinajstić information content (AvgIpc) is 3.09. The third kappa shape index (κ3) is 3.86. The molecule has 5 nitrogen and oxygen atoms in total. The molecule has 2 aromatic heterocycles. The molecule has 3 aromatic rings. The molecule has 0 radical (unpaired) electrons. The summed E-state index contributed by atoms with van der Waals surface area (Å²) in [6.07, 6.45) is 4.94. The number of carbonyl (C=O) groups is 1. The summed E-state index contributed by atoms with van der Waals surface area (Å²) >= 11 is 0. The molecule has 0 bridgehead atoms. The standard InChI is InChI=1S/C24H31N3O2/c1-6-16(7-2)18-12-15(5)24-26-21(22(23(25)28)27(24)14-18)20-11-10-19(29-9-4)13-17(20)8-3/h10-14,16H,6-9H2,1-5H3,(H2,25,28). The molecule has 3 rings (SSSR count). The topological polar surface area (TPSA) is 69.6 Å². The monoisotopic (exact) mass is 393 g/mol.